The summed E-state index contributed by atoms with van der Waals surface area (Å²) in [5.74, 6) is 0. The standard InChI is InChI=1S/C13H20N4O2/c1-9-10(6-11(7-14)17(9)5)8-15-16-12(18)19-13(2,3)4/h6,15H,8H2,1-5H3,(H,16,18). The van der Waals surface area contributed by atoms with Crippen LogP contribution in [0.15, 0.2) is 6.07 Å². The van der Waals surface area contributed by atoms with E-state index in [1.165, 1.54) is 0 Å². The zero-order valence-electron chi connectivity index (χ0n) is 12.0. The fourth-order valence-corrected chi connectivity index (χ4v) is 1.56. The molecule has 0 atom stereocenters. The van der Waals surface area contributed by atoms with Crippen LogP contribution in [0, 0.1) is 18.3 Å². The Morgan fingerprint density at radius 2 is 2.16 bits per heavy atom. The number of hydrazine groups is 1. The van der Waals surface area contributed by atoms with Gasteiger partial charge in [0.15, 0.2) is 0 Å². The van der Waals surface area contributed by atoms with E-state index in [2.05, 4.69) is 16.9 Å². The molecule has 6 heteroatoms. The Kier molecular flexibility index (Phi) is 4.57. The van der Waals surface area contributed by atoms with Gasteiger partial charge in [0.25, 0.3) is 0 Å². The van der Waals surface area contributed by atoms with Crippen molar-refractivity contribution in [2.24, 2.45) is 7.05 Å². The second-order valence-electron chi connectivity index (χ2n) is 5.29. The van der Waals surface area contributed by atoms with E-state index in [9.17, 15) is 4.79 Å². The van der Waals surface area contributed by atoms with Crippen LogP contribution in [0.2, 0.25) is 0 Å². The van der Waals surface area contributed by atoms with Crippen molar-refractivity contribution in [2.75, 3.05) is 0 Å². The second kappa shape index (κ2) is 5.76. The predicted octanol–water partition coefficient (Wildman–Crippen LogP) is 1.73. The Morgan fingerprint density at radius 3 is 2.63 bits per heavy atom. The van der Waals surface area contributed by atoms with Gasteiger partial charge in [-0.15, -0.1) is 0 Å². The summed E-state index contributed by atoms with van der Waals surface area (Å²) in [6, 6.07) is 3.90. The molecule has 1 rings (SSSR count). The first-order valence-electron chi connectivity index (χ1n) is 6.01. The molecule has 1 heterocycles. The lowest BCUT2D eigenvalue weighted by Crippen LogP contribution is -2.40. The van der Waals surface area contributed by atoms with Crippen LogP contribution >= 0.6 is 0 Å². The number of nitrogens with one attached hydrogen (secondary N) is 2. The molecule has 0 aliphatic heterocycles. The van der Waals surface area contributed by atoms with Crippen LogP contribution in [0.4, 0.5) is 4.79 Å². The number of ether oxygens (including phenoxy) is 1. The fourth-order valence-electron chi connectivity index (χ4n) is 1.56. The summed E-state index contributed by atoms with van der Waals surface area (Å²) in [6.07, 6.45) is -0.526. The molecule has 19 heavy (non-hydrogen) atoms. The summed E-state index contributed by atoms with van der Waals surface area (Å²) in [7, 11) is 1.83. The highest BCUT2D eigenvalue weighted by Crippen LogP contribution is 2.12. The average Bonchev–Trinajstić information content (AvgIpc) is 2.54. The molecular formula is C13H20N4O2. The van der Waals surface area contributed by atoms with Crippen molar-refractivity contribution in [3.63, 3.8) is 0 Å². The highest BCUT2D eigenvalue weighted by atomic mass is 16.6. The van der Waals surface area contributed by atoms with E-state index in [0.29, 0.717) is 12.2 Å². The fraction of sp³-hybridized carbons (Fsp3) is 0.538. The number of rotatable bonds is 3. The Balaban J connectivity index is 2.51. The van der Waals surface area contributed by atoms with Crippen molar-refractivity contribution < 1.29 is 9.53 Å². The van der Waals surface area contributed by atoms with E-state index >= 15 is 0 Å². The topological polar surface area (TPSA) is 79.1 Å². The molecule has 2 N–H and O–H groups in total. The smallest absolute Gasteiger partial charge is 0.422 e. The second-order valence-corrected chi connectivity index (χ2v) is 5.29. The zero-order chi connectivity index (χ0) is 14.6. The molecule has 6 nitrogen and oxygen atoms in total. The monoisotopic (exact) mass is 264 g/mol. The van der Waals surface area contributed by atoms with Crippen molar-refractivity contribution in [1.82, 2.24) is 15.4 Å². The number of carbonyl (C=O) groups is 1. The van der Waals surface area contributed by atoms with Gasteiger partial charge in [-0.25, -0.2) is 10.2 Å². The summed E-state index contributed by atoms with van der Waals surface area (Å²) in [5, 5.41) is 8.92. The lowest BCUT2D eigenvalue weighted by molar-refractivity contribution is 0.0497. The Labute approximate surface area is 113 Å². The number of nitriles is 1. The third-order valence-corrected chi connectivity index (χ3v) is 2.62. The van der Waals surface area contributed by atoms with Crippen LogP contribution in [-0.2, 0) is 18.3 Å². The predicted molar refractivity (Wildman–Crippen MR) is 71.1 cm³/mol. The van der Waals surface area contributed by atoms with Crippen LogP contribution in [0.5, 0.6) is 0 Å². The third-order valence-electron chi connectivity index (χ3n) is 2.62. The normalized spacial score (nSPS) is 10.9. The number of nitrogens with zero attached hydrogens (tertiary/aromatic N) is 2. The minimum Gasteiger partial charge on any atom is -0.443 e. The minimum absolute atomic E-state index is 0.431. The highest BCUT2D eigenvalue weighted by Gasteiger charge is 2.16. The maximum Gasteiger partial charge on any atom is 0.422 e. The van der Waals surface area contributed by atoms with Crippen LogP contribution in [-0.4, -0.2) is 16.3 Å². The summed E-state index contributed by atoms with van der Waals surface area (Å²) < 4.78 is 6.90. The number of amides is 1. The molecule has 1 amide bonds. The minimum atomic E-state index is -0.526. The molecule has 0 unspecified atom stereocenters. The maximum absolute atomic E-state index is 11.4. The van der Waals surface area contributed by atoms with Crippen molar-refractivity contribution in [2.45, 2.75) is 39.8 Å². The van der Waals surface area contributed by atoms with E-state index < -0.39 is 11.7 Å². The largest absolute Gasteiger partial charge is 0.443 e. The molecule has 0 bridgehead atoms. The van der Waals surface area contributed by atoms with E-state index in [-0.39, 0.29) is 0 Å². The van der Waals surface area contributed by atoms with E-state index in [4.69, 9.17) is 10.00 Å². The van der Waals surface area contributed by atoms with Crippen molar-refractivity contribution in [3.05, 3.63) is 23.0 Å². The number of hydrogen-bond acceptors (Lipinski definition) is 4. The molecule has 0 aliphatic rings. The van der Waals surface area contributed by atoms with E-state index in [1.807, 2.05) is 18.5 Å². The maximum atomic E-state index is 11.4. The average molecular weight is 264 g/mol. The molecule has 1 aromatic rings. The van der Waals surface area contributed by atoms with Gasteiger partial charge < -0.3 is 9.30 Å². The molecule has 0 saturated carbocycles. The Hall–Kier alpha value is -2.00. The third kappa shape index (κ3) is 4.30. The lowest BCUT2D eigenvalue weighted by atomic mass is 10.2. The molecule has 0 spiro atoms. The molecule has 0 radical (unpaired) electrons. The first-order chi connectivity index (χ1) is 8.74. The molecule has 0 saturated heterocycles. The molecular weight excluding hydrogens is 244 g/mol. The van der Waals surface area contributed by atoms with Crippen molar-refractivity contribution >= 4 is 6.09 Å². The van der Waals surface area contributed by atoms with Crippen LogP contribution < -0.4 is 10.9 Å². The van der Waals surface area contributed by atoms with E-state index in [0.717, 1.165) is 11.3 Å². The first-order valence-corrected chi connectivity index (χ1v) is 6.01. The van der Waals surface area contributed by atoms with Gasteiger partial charge in [-0.05, 0) is 39.3 Å². The van der Waals surface area contributed by atoms with Crippen LogP contribution in [0.25, 0.3) is 0 Å². The van der Waals surface area contributed by atoms with Gasteiger partial charge in [0.2, 0.25) is 0 Å². The summed E-state index contributed by atoms with van der Waals surface area (Å²) in [4.78, 5) is 11.4. The molecule has 0 fully saturated rings. The Morgan fingerprint density at radius 1 is 1.53 bits per heavy atom. The molecule has 0 aliphatic carbocycles. The van der Waals surface area contributed by atoms with Gasteiger partial charge >= 0.3 is 6.09 Å². The van der Waals surface area contributed by atoms with Crippen LogP contribution in [0.1, 0.15) is 37.7 Å². The summed E-state index contributed by atoms with van der Waals surface area (Å²) in [6.45, 7) is 7.75. The molecule has 1 aromatic heterocycles. The van der Waals surface area contributed by atoms with Crippen molar-refractivity contribution in [3.8, 4) is 6.07 Å². The number of carbonyl (C=O) groups excluding carboxylic acids is 1. The van der Waals surface area contributed by atoms with Gasteiger partial charge in [0.1, 0.15) is 17.4 Å². The SMILES string of the molecule is Cc1c(CNNC(=O)OC(C)(C)C)cc(C#N)n1C. The summed E-state index contributed by atoms with van der Waals surface area (Å²) >= 11 is 0. The van der Waals surface area contributed by atoms with Crippen molar-refractivity contribution in [1.29, 1.82) is 5.26 Å². The highest BCUT2D eigenvalue weighted by molar-refractivity contribution is 5.66. The number of hydrogen-bond donors (Lipinski definition) is 2. The van der Waals surface area contributed by atoms with Gasteiger partial charge in [-0.2, -0.15) is 5.26 Å². The quantitative estimate of drug-likeness (QED) is 0.815. The zero-order valence-corrected chi connectivity index (χ0v) is 12.0. The molecule has 104 valence electrons. The van der Waals surface area contributed by atoms with Gasteiger partial charge in [-0.1, -0.05) is 0 Å². The van der Waals surface area contributed by atoms with Crippen LogP contribution in [0.3, 0.4) is 0 Å². The van der Waals surface area contributed by atoms with Gasteiger partial charge in [0.05, 0.1) is 0 Å². The Bertz CT molecular complexity index is 506. The number of aromatic nitrogens is 1. The summed E-state index contributed by atoms with van der Waals surface area (Å²) in [5.41, 5.74) is 7.24. The lowest BCUT2D eigenvalue weighted by Gasteiger charge is -2.19. The van der Waals surface area contributed by atoms with Gasteiger partial charge in [-0.3, -0.25) is 5.43 Å². The van der Waals surface area contributed by atoms with Gasteiger partial charge in [0, 0.05) is 19.3 Å². The first kappa shape index (κ1) is 15.1. The molecule has 0 aromatic carbocycles. The van der Waals surface area contributed by atoms with E-state index in [1.54, 1.807) is 26.8 Å².